The topological polar surface area (TPSA) is 38.3 Å². The Morgan fingerprint density at radius 1 is 1.00 bits per heavy atom. The van der Waals surface area contributed by atoms with Gasteiger partial charge in [-0.3, -0.25) is 4.79 Å². The number of hydrogen-bond donors (Lipinski definition) is 1. The molecule has 1 N–H and O–H groups in total. The monoisotopic (exact) mass is 389 g/mol. The lowest BCUT2D eigenvalue weighted by molar-refractivity contribution is 0.102. The molecule has 0 radical (unpaired) electrons. The molecular weight excluding hydrogens is 366 g/mol. The highest BCUT2D eigenvalue weighted by atomic mass is 79.9. The van der Waals surface area contributed by atoms with E-state index in [1.54, 1.807) is 6.07 Å². The van der Waals surface area contributed by atoms with Crippen molar-refractivity contribution < 1.29 is 9.53 Å². The Morgan fingerprint density at radius 2 is 1.71 bits per heavy atom. The lowest BCUT2D eigenvalue weighted by atomic mass is 10.2. The van der Waals surface area contributed by atoms with E-state index in [-0.39, 0.29) is 5.91 Å². The average Bonchev–Trinajstić information content (AvgIpc) is 2.59. The van der Waals surface area contributed by atoms with Gasteiger partial charge in [-0.25, -0.2) is 0 Å². The van der Waals surface area contributed by atoms with Crippen LogP contribution in [0.3, 0.4) is 0 Å². The van der Waals surface area contributed by atoms with Gasteiger partial charge in [0.2, 0.25) is 0 Å². The molecule has 4 heteroatoms. The second-order valence-corrected chi connectivity index (χ2v) is 6.58. The number of nitrogens with one attached hydrogen (secondary N) is 1. The van der Waals surface area contributed by atoms with Crippen molar-refractivity contribution in [3.05, 3.63) is 58.6 Å². The molecule has 0 aliphatic rings. The summed E-state index contributed by atoms with van der Waals surface area (Å²) in [7, 11) is 0. The molecule has 0 unspecified atom stereocenters. The molecule has 2 aromatic rings. The van der Waals surface area contributed by atoms with Crippen LogP contribution in [0, 0.1) is 0 Å². The zero-order valence-corrected chi connectivity index (χ0v) is 15.6. The van der Waals surface area contributed by atoms with Crippen molar-refractivity contribution in [3.8, 4) is 5.75 Å². The third-order valence-corrected chi connectivity index (χ3v) is 4.44. The van der Waals surface area contributed by atoms with Gasteiger partial charge in [0.05, 0.1) is 12.2 Å². The number of carbonyl (C=O) groups excluding carboxylic acids is 1. The summed E-state index contributed by atoms with van der Waals surface area (Å²) in [5, 5.41) is 2.89. The quantitative estimate of drug-likeness (QED) is 0.529. The van der Waals surface area contributed by atoms with Crippen LogP contribution in [-0.4, -0.2) is 12.5 Å². The van der Waals surface area contributed by atoms with Gasteiger partial charge in [0.1, 0.15) is 5.75 Å². The Labute approximate surface area is 152 Å². The van der Waals surface area contributed by atoms with Crippen LogP contribution in [0.4, 0.5) is 5.69 Å². The molecule has 0 aliphatic carbocycles. The molecular formula is C20H24BrNO2. The molecule has 1 amide bonds. The van der Waals surface area contributed by atoms with Crippen molar-refractivity contribution in [1.82, 2.24) is 0 Å². The van der Waals surface area contributed by atoms with E-state index in [2.05, 4.69) is 28.2 Å². The summed E-state index contributed by atoms with van der Waals surface area (Å²) >= 11 is 3.39. The number of unbranched alkanes of at least 4 members (excludes halogenated alkanes) is 4. The number of ether oxygens (including phenoxy) is 1. The van der Waals surface area contributed by atoms with E-state index in [1.807, 2.05) is 42.5 Å². The summed E-state index contributed by atoms with van der Waals surface area (Å²) in [6.45, 7) is 2.96. The molecule has 0 fully saturated rings. The second-order valence-electron chi connectivity index (χ2n) is 5.72. The molecule has 0 aliphatic heterocycles. The molecule has 3 nitrogen and oxygen atoms in total. The number of amides is 1. The number of carbonyl (C=O) groups is 1. The fraction of sp³-hybridized carbons (Fsp3) is 0.350. The molecule has 24 heavy (non-hydrogen) atoms. The van der Waals surface area contributed by atoms with Gasteiger partial charge >= 0.3 is 0 Å². The maximum absolute atomic E-state index is 12.2. The summed E-state index contributed by atoms with van der Waals surface area (Å²) < 4.78 is 6.51. The molecule has 0 saturated carbocycles. The van der Waals surface area contributed by atoms with Crippen molar-refractivity contribution in [3.63, 3.8) is 0 Å². The first-order valence-corrected chi connectivity index (χ1v) is 9.28. The van der Waals surface area contributed by atoms with E-state index in [0.717, 1.165) is 28.9 Å². The van der Waals surface area contributed by atoms with Gasteiger partial charge in [-0.2, -0.15) is 0 Å². The molecule has 0 heterocycles. The first-order chi connectivity index (χ1) is 11.7. The maximum Gasteiger partial charge on any atom is 0.256 e. The average molecular weight is 390 g/mol. The zero-order chi connectivity index (χ0) is 17.2. The predicted octanol–water partition coefficient (Wildman–Crippen LogP) is 6.05. The van der Waals surface area contributed by atoms with E-state index in [4.69, 9.17) is 4.74 Å². The predicted molar refractivity (Wildman–Crippen MR) is 103 cm³/mol. The van der Waals surface area contributed by atoms with Crippen molar-refractivity contribution in [2.45, 2.75) is 39.0 Å². The van der Waals surface area contributed by atoms with Crippen LogP contribution in [-0.2, 0) is 0 Å². The summed E-state index contributed by atoms with van der Waals surface area (Å²) in [5.41, 5.74) is 1.37. The highest BCUT2D eigenvalue weighted by molar-refractivity contribution is 9.10. The maximum atomic E-state index is 12.2. The Bertz CT molecular complexity index is 640. The third kappa shape index (κ3) is 6.00. The van der Waals surface area contributed by atoms with E-state index in [9.17, 15) is 4.79 Å². The van der Waals surface area contributed by atoms with Gasteiger partial charge in [0, 0.05) is 10.2 Å². The van der Waals surface area contributed by atoms with E-state index < -0.39 is 0 Å². The van der Waals surface area contributed by atoms with Crippen LogP contribution >= 0.6 is 15.9 Å². The lowest BCUT2D eigenvalue weighted by Crippen LogP contribution is -2.12. The van der Waals surface area contributed by atoms with Crippen LogP contribution in [0.1, 0.15) is 49.4 Å². The van der Waals surface area contributed by atoms with Crippen molar-refractivity contribution in [2.75, 3.05) is 11.9 Å². The number of hydrogen-bond acceptors (Lipinski definition) is 2. The highest BCUT2D eigenvalue weighted by Gasteiger charge is 2.09. The molecule has 0 atom stereocenters. The van der Waals surface area contributed by atoms with Gasteiger partial charge in [-0.05, 0) is 58.7 Å². The standard InChI is InChI=1S/C20H24BrNO2/c1-2-3-4-5-8-15-24-17-13-11-16(12-14-17)22-20(23)18-9-6-7-10-19(18)21/h6-7,9-14H,2-5,8,15H2,1H3,(H,22,23). The van der Waals surface area contributed by atoms with Crippen LogP contribution < -0.4 is 10.1 Å². The number of benzene rings is 2. The molecule has 0 aromatic heterocycles. The van der Waals surface area contributed by atoms with Crippen LogP contribution in [0.15, 0.2) is 53.0 Å². The van der Waals surface area contributed by atoms with E-state index in [1.165, 1.54) is 25.7 Å². The Balaban J connectivity index is 1.79. The summed E-state index contributed by atoms with van der Waals surface area (Å²) in [6.07, 6.45) is 6.13. The normalized spacial score (nSPS) is 10.4. The fourth-order valence-corrected chi connectivity index (χ4v) is 2.84. The molecule has 0 spiro atoms. The highest BCUT2D eigenvalue weighted by Crippen LogP contribution is 2.20. The molecule has 2 rings (SSSR count). The summed E-state index contributed by atoms with van der Waals surface area (Å²) in [4.78, 5) is 12.2. The van der Waals surface area contributed by atoms with Crippen LogP contribution in [0.2, 0.25) is 0 Å². The second kappa shape index (κ2) is 10.1. The Kier molecular flexibility index (Phi) is 7.83. The lowest BCUT2D eigenvalue weighted by Gasteiger charge is -2.09. The minimum Gasteiger partial charge on any atom is -0.494 e. The summed E-state index contributed by atoms with van der Waals surface area (Å²) in [5.74, 6) is 0.705. The van der Waals surface area contributed by atoms with Gasteiger partial charge < -0.3 is 10.1 Å². The third-order valence-electron chi connectivity index (χ3n) is 3.75. The molecule has 2 aromatic carbocycles. The number of rotatable bonds is 9. The fourth-order valence-electron chi connectivity index (χ4n) is 2.37. The first kappa shape index (κ1) is 18.5. The van der Waals surface area contributed by atoms with Crippen LogP contribution in [0.25, 0.3) is 0 Å². The Morgan fingerprint density at radius 3 is 2.42 bits per heavy atom. The SMILES string of the molecule is CCCCCCCOc1ccc(NC(=O)c2ccccc2Br)cc1. The van der Waals surface area contributed by atoms with Gasteiger partial charge in [0.15, 0.2) is 0 Å². The number of halogens is 1. The van der Waals surface area contributed by atoms with E-state index >= 15 is 0 Å². The molecule has 0 saturated heterocycles. The Hall–Kier alpha value is -1.81. The van der Waals surface area contributed by atoms with Crippen molar-refractivity contribution >= 4 is 27.5 Å². The zero-order valence-electron chi connectivity index (χ0n) is 14.1. The van der Waals surface area contributed by atoms with Crippen molar-refractivity contribution in [1.29, 1.82) is 0 Å². The molecule has 0 bridgehead atoms. The minimum absolute atomic E-state index is 0.132. The van der Waals surface area contributed by atoms with Gasteiger partial charge in [0.25, 0.3) is 5.91 Å². The van der Waals surface area contributed by atoms with E-state index in [0.29, 0.717) is 5.56 Å². The van der Waals surface area contributed by atoms with Gasteiger partial charge in [-0.15, -0.1) is 0 Å². The number of anilines is 1. The molecule has 128 valence electrons. The smallest absolute Gasteiger partial charge is 0.256 e. The largest absolute Gasteiger partial charge is 0.494 e. The first-order valence-electron chi connectivity index (χ1n) is 8.49. The van der Waals surface area contributed by atoms with Crippen LogP contribution in [0.5, 0.6) is 5.75 Å². The van der Waals surface area contributed by atoms with Crippen molar-refractivity contribution in [2.24, 2.45) is 0 Å². The van der Waals surface area contributed by atoms with Gasteiger partial charge in [-0.1, -0.05) is 44.7 Å². The summed E-state index contributed by atoms with van der Waals surface area (Å²) in [6, 6.07) is 14.9. The minimum atomic E-state index is -0.132.